The van der Waals surface area contributed by atoms with Crippen molar-refractivity contribution >= 4 is 28.5 Å². The maximum atomic E-state index is 13.3. The fraction of sp³-hybridized carbons (Fsp3) is 0.346. The van der Waals surface area contributed by atoms with Crippen molar-refractivity contribution in [3.05, 3.63) is 69.8 Å². The Morgan fingerprint density at radius 1 is 1.11 bits per heavy atom. The number of Topliss-reactive ketones (excluding diaryl/α,β-unsaturated/α-hetero) is 1. The van der Waals surface area contributed by atoms with E-state index in [9.17, 15) is 9.59 Å². The molecule has 35 heavy (non-hydrogen) atoms. The second-order valence-electron chi connectivity index (χ2n) is 9.27. The van der Waals surface area contributed by atoms with Crippen LogP contribution in [0.2, 0.25) is 0 Å². The summed E-state index contributed by atoms with van der Waals surface area (Å²) in [5.74, 6) is 0.613. The Labute approximate surface area is 203 Å². The molecule has 0 aliphatic carbocycles. The Hall–Kier alpha value is -3.85. The maximum Gasteiger partial charge on any atom is 0.278 e. The van der Waals surface area contributed by atoms with Crippen molar-refractivity contribution in [1.82, 2.24) is 29.6 Å². The molecule has 9 heteroatoms. The molecule has 1 aliphatic heterocycles. The first-order valence-electron chi connectivity index (χ1n) is 11.9. The Bertz CT molecular complexity index is 1490. The summed E-state index contributed by atoms with van der Waals surface area (Å²) < 4.78 is 3.35. The number of hydrogen-bond acceptors (Lipinski definition) is 7. The minimum Gasteiger partial charge on any atom is -0.324 e. The van der Waals surface area contributed by atoms with Crippen LogP contribution in [0, 0.1) is 0 Å². The van der Waals surface area contributed by atoms with Crippen LogP contribution in [-0.2, 0) is 17.8 Å². The third-order valence-corrected chi connectivity index (χ3v) is 6.49. The van der Waals surface area contributed by atoms with Crippen LogP contribution >= 0.6 is 0 Å². The molecule has 0 radical (unpaired) electrons. The van der Waals surface area contributed by atoms with Crippen LogP contribution in [0.4, 0.5) is 11.6 Å². The van der Waals surface area contributed by atoms with E-state index in [1.807, 2.05) is 45.0 Å². The third kappa shape index (κ3) is 4.23. The molecule has 2 N–H and O–H groups in total. The number of hydrogen-bond donors (Lipinski definition) is 2. The number of carbonyl (C=O) groups is 1. The predicted molar refractivity (Wildman–Crippen MR) is 136 cm³/mol. The van der Waals surface area contributed by atoms with Gasteiger partial charge in [0.1, 0.15) is 11.2 Å². The zero-order valence-electron chi connectivity index (χ0n) is 20.4. The van der Waals surface area contributed by atoms with Crippen LogP contribution in [0.15, 0.2) is 47.4 Å². The molecular weight excluding hydrogens is 442 g/mol. The van der Waals surface area contributed by atoms with Gasteiger partial charge < -0.3 is 10.6 Å². The van der Waals surface area contributed by atoms with Gasteiger partial charge in [0.25, 0.3) is 5.56 Å². The Balaban J connectivity index is 1.62. The van der Waals surface area contributed by atoms with Gasteiger partial charge in [-0.3, -0.25) is 9.59 Å². The van der Waals surface area contributed by atoms with Gasteiger partial charge in [-0.2, -0.15) is 4.98 Å². The largest absolute Gasteiger partial charge is 0.324 e. The van der Waals surface area contributed by atoms with Crippen molar-refractivity contribution in [2.45, 2.75) is 52.6 Å². The molecule has 1 unspecified atom stereocenters. The van der Waals surface area contributed by atoms with Crippen molar-refractivity contribution in [1.29, 1.82) is 0 Å². The first kappa shape index (κ1) is 22.9. The molecule has 0 saturated heterocycles. The minimum absolute atomic E-state index is 0.0305. The van der Waals surface area contributed by atoms with E-state index in [2.05, 4.69) is 27.8 Å². The van der Waals surface area contributed by atoms with Crippen molar-refractivity contribution < 1.29 is 4.79 Å². The van der Waals surface area contributed by atoms with E-state index in [4.69, 9.17) is 9.97 Å². The molecule has 180 valence electrons. The standard InChI is InChI=1S/C26H29N7O2/c1-15(2)32-25(35)21-14-28-26(29-20-9-8-19-13-27-11-10-18(19)12-20)31-24(21)33(32)23-7-5-6-22(30-23)16(3)17(4)34/h5-9,12,14-16,27H,10-11,13H2,1-4H3,(H,28,29,31). The van der Waals surface area contributed by atoms with Crippen LogP contribution < -0.4 is 16.2 Å². The Morgan fingerprint density at radius 3 is 2.71 bits per heavy atom. The zero-order valence-corrected chi connectivity index (χ0v) is 20.4. The van der Waals surface area contributed by atoms with Crippen LogP contribution in [-0.4, -0.2) is 36.6 Å². The summed E-state index contributed by atoms with van der Waals surface area (Å²) in [5.41, 5.74) is 4.43. The first-order valence-corrected chi connectivity index (χ1v) is 11.9. The van der Waals surface area contributed by atoms with E-state index >= 15 is 0 Å². The van der Waals surface area contributed by atoms with E-state index < -0.39 is 0 Å². The smallest absolute Gasteiger partial charge is 0.278 e. The number of ketones is 1. The molecule has 0 fully saturated rings. The van der Waals surface area contributed by atoms with E-state index in [0.717, 1.165) is 25.2 Å². The van der Waals surface area contributed by atoms with Crippen molar-refractivity contribution in [2.75, 3.05) is 11.9 Å². The summed E-state index contributed by atoms with van der Waals surface area (Å²) in [6, 6.07) is 11.6. The molecular formula is C26H29N7O2. The van der Waals surface area contributed by atoms with Crippen LogP contribution in [0.1, 0.15) is 56.5 Å². The number of rotatable bonds is 6. The first-order chi connectivity index (χ1) is 16.8. The molecule has 4 aromatic rings. The number of anilines is 2. The number of aromatic nitrogens is 5. The average molecular weight is 472 g/mol. The highest BCUT2D eigenvalue weighted by molar-refractivity contribution is 5.82. The lowest BCUT2D eigenvalue weighted by atomic mass is 10.0. The minimum atomic E-state index is -0.345. The number of nitrogens with zero attached hydrogens (tertiary/aromatic N) is 5. The van der Waals surface area contributed by atoms with E-state index in [1.165, 1.54) is 11.1 Å². The van der Waals surface area contributed by atoms with Crippen LogP contribution in [0.3, 0.4) is 0 Å². The van der Waals surface area contributed by atoms with Crippen molar-refractivity contribution in [3.8, 4) is 5.82 Å². The van der Waals surface area contributed by atoms with Gasteiger partial charge >= 0.3 is 0 Å². The van der Waals surface area contributed by atoms with E-state index in [1.54, 1.807) is 22.5 Å². The highest BCUT2D eigenvalue weighted by atomic mass is 16.1. The average Bonchev–Trinajstić information content (AvgIpc) is 3.15. The Kier molecular flexibility index (Phi) is 5.94. The van der Waals surface area contributed by atoms with Crippen molar-refractivity contribution in [2.24, 2.45) is 0 Å². The van der Waals surface area contributed by atoms with Gasteiger partial charge in [-0.25, -0.2) is 19.3 Å². The SMILES string of the molecule is CC(=O)C(C)c1cccc(-n2c3nc(Nc4ccc5c(c4)CCNC5)ncc3c(=O)n2C(C)C)n1. The normalized spacial score (nSPS) is 14.2. The molecule has 0 saturated carbocycles. The molecule has 1 aromatic carbocycles. The molecule has 0 amide bonds. The quantitative estimate of drug-likeness (QED) is 0.442. The molecule has 0 spiro atoms. The summed E-state index contributed by atoms with van der Waals surface area (Å²) in [5, 5.41) is 7.09. The number of carbonyl (C=O) groups excluding carboxylic acids is 1. The van der Waals surface area contributed by atoms with Gasteiger partial charge in [-0.15, -0.1) is 0 Å². The molecule has 3 aromatic heterocycles. The van der Waals surface area contributed by atoms with E-state index in [0.29, 0.717) is 28.5 Å². The van der Waals surface area contributed by atoms with Gasteiger partial charge in [0.05, 0.1) is 11.6 Å². The van der Waals surface area contributed by atoms with Crippen LogP contribution in [0.5, 0.6) is 0 Å². The third-order valence-electron chi connectivity index (χ3n) is 6.49. The zero-order chi connectivity index (χ0) is 24.7. The van der Waals surface area contributed by atoms with Gasteiger partial charge in [-0.05, 0) is 76.1 Å². The molecule has 4 heterocycles. The fourth-order valence-corrected chi connectivity index (χ4v) is 4.44. The number of benzene rings is 1. The summed E-state index contributed by atoms with van der Waals surface area (Å²) in [6.07, 6.45) is 2.54. The molecule has 1 aliphatic rings. The summed E-state index contributed by atoms with van der Waals surface area (Å²) in [7, 11) is 0. The highest BCUT2D eigenvalue weighted by Crippen LogP contribution is 2.24. The monoisotopic (exact) mass is 471 g/mol. The van der Waals surface area contributed by atoms with Crippen molar-refractivity contribution in [3.63, 3.8) is 0 Å². The fourth-order valence-electron chi connectivity index (χ4n) is 4.44. The lowest BCUT2D eigenvalue weighted by Gasteiger charge is -2.18. The topological polar surface area (TPSA) is 107 Å². The molecule has 9 nitrogen and oxygen atoms in total. The predicted octanol–water partition coefficient (Wildman–Crippen LogP) is 3.64. The van der Waals surface area contributed by atoms with Gasteiger partial charge in [-0.1, -0.05) is 12.1 Å². The van der Waals surface area contributed by atoms with E-state index in [-0.39, 0.29) is 23.3 Å². The molecule has 0 bridgehead atoms. The molecule has 1 atom stereocenters. The second kappa shape index (κ2) is 9.07. The van der Waals surface area contributed by atoms with Crippen LogP contribution in [0.25, 0.3) is 16.9 Å². The summed E-state index contributed by atoms with van der Waals surface area (Å²) in [6.45, 7) is 9.09. The van der Waals surface area contributed by atoms with Gasteiger partial charge in [0.15, 0.2) is 11.5 Å². The summed E-state index contributed by atoms with van der Waals surface area (Å²) >= 11 is 0. The summed E-state index contributed by atoms with van der Waals surface area (Å²) in [4.78, 5) is 39.1. The Morgan fingerprint density at radius 2 is 1.94 bits per heavy atom. The van der Waals surface area contributed by atoms with Gasteiger partial charge in [0.2, 0.25) is 5.95 Å². The highest BCUT2D eigenvalue weighted by Gasteiger charge is 2.21. The lowest BCUT2D eigenvalue weighted by Crippen LogP contribution is -2.25. The lowest BCUT2D eigenvalue weighted by molar-refractivity contribution is -0.118. The number of nitrogens with one attached hydrogen (secondary N) is 2. The maximum absolute atomic E-state index is 13.3. The number of pyridine rings is 1. The van der Waals surface area contributed by atoms with Gasteiger partial charge in [0, 0.05) is 24.5 Å². The second-order valence-corrected chi connectivity index (χ2v) is 9.27. The number of fused-ring (bicyclic) bond motifs is 2. The molecule has 5 rings (SSSR count).